The molecule has 0 aliphatic rings. The van der Waals surface area contributed by atoms with Gasteiger partial charge in [-0.25, -0.2) is 0 Å². The first-order valence-electron chi connectivity index (χ1n) is 5.02. The van der Waals surface area contributed by atoms with Gasteiger partial charge in [-0.1, -0.05) is 0 Å². The fraction of sp³-hybridized carbons (Fsp3) is 0.636. The SMILES string of the molecule is CSCC[C@@H](C)N[C@@H](C)c1ccco1. The van der Waals surface area contributed by atoms with Crippen molar-refractivity contribution in [1.29, 1.82) is 0 Å². The fourth-order valence-electron chi connectivity index (χ4n) is 1.42. The predicted molar refractivity (Wildman–Crippen MR) is 62.7 cm³/mol. The topological polar surface area (TPSA) is 25.2 Å². The zero-order valence-electron chi connectivity index (χ0n) is 9.12. The van der Waals surface area contributed by atoms with Crippen molar-refractivity contribution in [2.75, 3.05) is 12.0 Å². The molecular weight excluding hydrogens is 194 g/mol. The molecule has 1 aromatic rings. The van der Waals surface area contributed by atoms with E-state index in [0.717, 1.165) is 5.76 Å². The van der Waals surface area contributed by atoms with Gasteiger partial charge in [0.1, 0.15) is 5.76 Å². The van der Waals surface area contributed by atoms with Crippen molar-refractivity contribution in [3.05, 3.63) is 24.2 Å². The van der Waals surface area contributed by atoms with Crippen LogP contribution in [0.4, 0.5) is 0 Å². The Kier molecular flexibility index (Phi) is 5.12. The van der Waals surface area contributed by atoms with E-state index in [1.54, 1.807) is 6.26 Å². The highest BCUT2D eigenvalue weighted by Crippen LogP contribution is 2.14. The zero-order valence-corrected chi connectivity index (χ0v) is 9.93. The van der Waals surface area contributed by atoms with E-state index in [1.807, 2.05) is 23.9 Å². The number of hydrogen-bond acceptors (Lipinski definition) is 3. The number of hydrogen-bond donors (Lipinski definition) is 1. The molecule has 0 radical (unpaired) electrons. The molecule has 1 rings (SSSR count). The molecule has 0 saturated carbocycles. The molecular formula is C11H19NOS. The minimum atomic E-state index is 0.307. The van der Waals surface area contributed by atoms with Gasteiger partial charge >= 0.3 is 0 Å². The second-order valence-corrected chi connectivity index (χ2v) is 4.57. The van der Waals surface area contributed by atoms with E-state index < -0.39 is 0 Å². The van der Waals surface area contributed by atoms with E-state index >= 15 is 0 Å². The second kappa shape index (κ2) is 6.14. The second-order valence-electron chi connectivity index (χ2n) is 3.59. The first-order valence-corrected chi connectivity index (χ1v) is 6.41. The molecule has 0 aliphatic carbocycles. The van der Waals surface area contributed by atoms with Gasteiger partial charge in [0, 0.05) is 6.04 Å². The maximum absolute atomic E-state index is 5.33. The summed E-state index contributed by atoms with van der Waals surface area (Å²) in [6.45, 7) is 4.35. The summed E-state index contributed by atoms with van der Waals surface area (Å²) >= 11 is 1.89. The van der Waals surface area contributed by atoms with Gasteiger partial charge in [0.05, 0.1) is 12.3 Å². The molecule has 0 bridgehead atoms. The highest BCUT2D eigenvalue weighted by molar-refractivity contribution is 7.98. The average Bonchev–Trinajstić information content (AvgIpc) is 2.67. The third-order valence-corrected chi connectivity index (χ3v) is 2.90. The van der Waals surface area contributed by atoms with Gasteiger partial charge in [-0.05, 0) is 44.4 Å². The predicted octanol–water partition coefficient (Wildman–Crippen LogP) is 3.07. The summed E-state index contributed by atoms with van der Waals surface area (Å²) in [6, 6.07) is 4.79. The minimum absolute atomic E-state index is 0.307. The molecule has 2 nitrogen and oxygen atoms in total. The summed E-state index contributed by atoms with van der Waals surface area (Å²) in [7, 11) is 0. The Morgan fingerprint density at radius 3 is 2.86 bits per heavy atom. The quantitative estimate of drug-likeness (QED) is 0.786. The summed E-state index contributed by atoms with van der Waals surface area (Å²) in [5.41, 5.74) is 0. The molecule has 0 aliphatic heterocycles. The number of nitrogens with one attached hydrogen (secondary N) is 1. The Labute approximate surface area is 90.5 Å². The van der Waals surface area contributed by atoms with Crippen LogP contribution >= 0.6 is 11.8 Å². The van der Waals surface area contributed by atoms with Crippen LogP contribution in [-0.4, -0.2) is 18.1 Å². The van der Waals surface area contributed by atoms with Crippen LogP contribution in [0.2, 0.25) is 0 Å². The highest BCUT2D eigenvalue weighted by Gasteiger charge is 2.10. The first-order chi connectivity index (χ1) is 6.74. The van der Waals surface area contributed by atoms with Crippen molar-refractivity contribution in [3.63, 3.8) is 0 Å². The largest absolute Gasteiger partial charge is 0.468 e. The highest BCUT2D eigenvalue weighted by atomic mass is 32.2. The van der Waals surface area contributed by atoms with Crippen molar-refractivity contribution in [3.8, 4) is 0 Å². The molecule has 3 heteroatoms. The van der Waals surface area contributed by atoms with Gasteiger partial charge in [-0.3, -0.25) is 0 Å². The summed E-state index contributed by atoms with van der Waals surface area (Å²) < 4.78 is 5.33. The normalized spacial score (nSPS) is 15.4. The lowest BCUT2D eigenvalue weighted by Crippen LogP contribution is -2.29. The van der Waals surface area contributed by atoms with Gasteiger partial charge in [-0.2, -0.15) is 11.8 Å². The lowest BCUT2D eigenvalue weighted by Gasteiger charge is -2.17. The standard InChI is InChI=1S/C11H19NOS/c1-9(6-8-14-3)12-10(2)11-5-4-7-13-11/h4-5,7,9-10,12H,6,8H2,1-3H3/t9-,10+/m1/s1. The molecule has 0 fully saturated rings. The molecule has 0 aromatic carbocycles. The first kappa shape index (κ1) is 11.7. The van der Waals surface area contributed by atoms with E-state index in [1.165, 1.54) is 12.2 Å². The maximum atomic E-state index is 5.33. The fourth-order valence-corrected chi connectivity index (χ4v) is 2.01. The van der Waals surface area contributed by atoms with Gasteiger partial charge in [0.2, 0.25) is 0 Å². The smallest absolute Gasteiger partial charge is 0.120 e. The number of furan rings is 1. The van der Waals surface area contributed by atoms with E-state index in [0.29, 0.717) is 12.1 Å². The van der Waals surface area contributed by atoms with Crippen LogP contribution in [0.25, 0.3) is 0 Å². The lowest BCUT2D eigenvalue weighted by molar-refractivity contribution is 0.395. The minimum Gasteiger partial charge on any atom is -0.468 e. The van der Waals surface area contributed by atoms with Crippen LogP contribution in [0.3, 0.4) is 0 Å². The molecule has 2 atom stereocenters. The molecule has 1 heterocycles. The molecule has 1 N–H and O–H groups in total. The van der Waals surface area contributed by atoms with Crippen LogP contribution in [0.15, 0.2) is 22.8 Å². The Hall–Kier alpha value is -0.410. The summed E-state index contributed by atoms with van der Waals surface area (Å²) in [5, 5.41) is 3.51. The van der Waals surface area contributed by atoms with Crippen LogP contribution in [-0.2, 0) is 0 Å². The summed E-state index contributed by atoms with van der Waals surface area (Å²) in [6.07, 6.45) is 5.06. The van der Waals surface area contributed by atoms with Crippen molar-refractivity contribution in [2.24, 2.45) is 0 Å². The van der Waals surface area contributed by atoms with Crippen molar-refractivity contribution < 1.29 is 4.42 Å². The Balaban J connectivity index is 2.29. The summed E-state index contributed by atoms with van der Waals surface area (Å²) in [4.78, 5) is 0. The van der Waals surface area contributed by atoms with E-state index in [9.17, 15) is 0 Å². The van der Waals surface area contributed by atoms with E-state index in [4.69, 9.17) is 4.42 Å². The molecule has 14 heavy (non-hydrogen) atoms. The van der Waals surface area contributed by atoms with Crippen LogP contribution < -0.4 is 5.32 Å². The van der Waals surface area contributed by atoms with Crippen LogP contribution in [0.1, 0.15) is 32.1 Å². The number of thioether (sulfide) groups is 1. The van der Waals surface area contributed by atoms with Gasteiger partial charge in [0.15, 0.2) is 0 Å². The lowest BCUT2D eigenvalue weighted by atomic mass is 10.2. The van der Waals surface area contributed by atoms with Gasteiger partial charge in [0.25, 0.3) is 0 Å². The molecule has 0 saturated heterocycles. The molecule has 0 unspecified atom stereocenters. The maximum Gasteiger partial charge on any atom is 0.120 e. The van der Waals surface area contributed by atoms with Gasteiger partial charge < -0.3 is 9.73 Å². The Bertz CT molecular complexity index is 235. The van der Waals surface area contributed by atoms with Gasteiger partial charge in [-0.15, -0.1) is 0 Å². The van der Waals surface area contributed by atoms with E-state index in [2.05, 4.69) is 25.4 Å². The van der Waals surface area contributed by atoms with Crippen molar-refractivity contribution in [1.82, 2.24) is 5.32 Å². The third kappa shape index (κ3) is 3.76. The third-order valence-electron chi connectivity index (χ3n) is 2.26. The Morgan fingerprint density at radius 2 is 2.29 bits per heavy atom. The van der Waals surface area contributed by atoms with Crippen LogP contribution in [0, 0.1) is 0 Å². The zero-order chi connectivity index (χ0) is 10.4. The van der Waals surface area contributed by atoms with E-state index in [-0.39, 0.29) is 0 Å². The van der Waals surface area contributed by atoms with Crippen LogP contribution in [0.5, 0.6) is 0 Å². The molecule has 80 valence electrons. The monoisotopic (exact) mass is 213 g/mol. The average molecular weight is 213 g/mol. The molecule has 0 amide bonds. The summed E-state index contributed by atoms with van der Waals surface area (Å²) in [5.74, 6) is 2.22. The molecule has 1 aromatic heterocycles. The van der Waals surface area contributed by atoms with Crippen molar-refractivity contribution in [2.45, 2.75) is 32.4 Å². The Morgan fingerprint density at radius 1 is 1.50 bits per heavy atom. The van der Waals surface area contributed by atoms with Crippen molar-refractivity contribution >= 4 is 11.8 Å². The molecule has 0 spiro atoms. The number of rotatable bonds is 6.